The van der Waals surface area contributed by atoms with E-state index in [4.69, 9.17) is 16.4 Å². The highest BCUT2D eigenvalue weighted by atomic mass is 32.2. The number of nitrogens with zero attached hydrogens (tertiary/aromatic N) is 6. The maximum Gasteiger partial charge on any atom is 0.323 e. The first-order chi connectivity index (χ1) is 17.0. The Morgan fingerprint density at radius 1 is 1.31 bits per heavy atom. The normalized spacial score (nSPS) is 20.3. The number of aliphatic hydroxyl groups is 1. The number of aliphatic hydroxyl groups excluding tert-OH is 1. The number of carbonyl (C=O) groups excluding carboxylic acids is 1. The number of fused-ring (bicyclic) bond motifs is 1. The fraction of sp³-hybridized carbons (Fsp3) is 0.458. The van der Waals surface area contributed by atoms with E-state index in [-0.39, 0.29) is 12.6 Å². The number of aryl methyl sites for hydroxylation is 1. The van der Waals surface area contributed by atoms with Crippen LogP contribution >= 0.6 is 0 Å². The van der Waals surface area contributed by atoms with Gasteiger partial charge in [-0.15, -0.1) is 6.42 Å². The second-order valence-corrected chi connectivity index (χ2v) is 10.4. The van der Waals surface area contributed by atoms with Gasteiger partial charge >= 0.3 is 6.03 Å². The summed E-state index contributed by atoms with van der Waals surface area (Å²) in [7, 11) is 0.250. The number of rotatable bonds is 5. The van der Waals surface area contributed by atoms with Crippen molar-refractivity contribution in [3.05, 3.63) is 35.6 Å². The van der Waals surface area contributed by atoms with Gasteiger partial charge in [0, 0.05) is 44.7 Å². The Hall–Kier alpha value is -3.36. The van der Waals surface area contributed by atoms with Crippen molar-refractivity contribution in [2.45, 2.75) is 42.5 Å². The molecule has 0 aromatic carbocycles. The number of urea groups is 1. The van der Waals surface area contributed by atoms with Crippen LogP contribution in [0.4, 0.5) is 16.6 Å². The molecule has 4 heterocycles. The van der Waals surface area contributed by atoms with Gasteiger partial charge in [0.2, 0.25) is 5.95 Å². The maximum atomic E-state index is 13.0. The Morgan fingerprint density at radius 3 is 2.66 bits per heavy atom. The molecule has 1 atom stereocenters. The number of nitrogens with one attached hydrogen (secondary N) is 1. The molecule has 2 amide bonds. The average Bonchev–Trinajstić information content (AvgIpc) is 3.26. The molecule has 11 heteroatoms. The van der Waals surface area contributed by atoms with E-state index in [1.54, 1.807) is 19.4 Å². The van der Waals surface area contributed by atoms with Crippen LogP contribution in [0, 0.1) is 12.3 Å². The predicted octanol–water partition coefficient (Wildman–Crippen LogP) is 1.27. The fourth-order valence-corrected chi connectivity index (χ4v) is 6.10. The quantitative estimate of drug-likeness (QED) is 0.597. The molecule has 3 aliphatic rings. The molecule has 182 valence electrons. The highest BCUT2D eigenvalue weighted by molar-refractivity contribution is 7.85. The molecule has 0 radical (unpaired) electrons. The summed E-state index contributed by atoms with van der Waals surface area (Å²) >= 11 is 0. The Balaban J connectivity index is 1.50. The molecule has 1 aliphatic carbocycles. The molecule has 0 bridgehead atoms. The first-order valence-corrected chi connectivity index (χ1v) is 13.0. The number of amides is 2. The lowest BCUT2D eigenvalue weighted by atomic mass is 9.76. The van der Waals surface area contributed by atoms with Gasteiger partial charge in [0.15, 0.2) is 11.6 Å². The van der Waals surface area contributed by atoms with Crippen molar-refractivity contribution in [1.82, 2.24) is 25.3 Å². The van der Waals surface area contributed by atoms with Crippen molar-refractivity contribution in [1.29, 1.82) is 0 Å². The van der Waals surface area contributed by atoms with E-state index in [0.717, 1.165) is 12.0 Å². The average molecular weight is 494 g/mol. The van der Waals surface area contributed by atoms with Crippen LogP contribution in [-0.4, -0.2) is 73.3 Å². The number of hydrogen-bond acceptors (Lipinski definition) is 8. The Kier molecular flexibility index (Phi) is 6.25. The molecule has 35 heavy (non-hydrogen) atoms. The molecule has 1 saturated carbocycles. The SMILES string of the molecule is C#Cc1cnc(C2=CCN(c3nc4c(c(N(C(=O)NC)C5(CO)CCC5)n3)S(=O)CC4)CC2)nc1. The largest absolute Gasteiger partial charge is 0.394 e. The zero-order valence-corrected chi connectivity index (χ0v) is 20.3. The smallest absolute Gasteiger partial charge is 0.323 e. The van der Waals surface area contributed by atoms with E-state index in [1.165, 1.54) is 4.90 Å². The summed E-state index contributed by atoms with van der Waals surface area (Å²) in [5.41, 5.74) is 1.61. The number of carbonyl (C=O) groups is 1. The van der Waals surface area contributed by atoms with Crippen LogP contribution in [-0.2, 0) is 17.2 Å². The molecule has 1 unspecified atom stereocenters. The summed E-state index contributed by atoms with van der Waals surface area (Å²) in [4.78, 5) is 35.4. The molecule has 1 fully saturated rings. The third-order valence-corrected chi connectivity index (χ3v) is 8.39. The number of aromatic nitrogens is 4. The topological polar surface area (TPSA) is 124 Å². The molecule has 2 aromatic rings. The van der Waals surface area contributed by atoms with Gasteiger partial charge in [0.1, 0.15) is 4.90 Å². The van der Waals surface area contributed by atoms with E-state index >= 15 is 0 Å². The van der Waals surface area contributed by atoms with Crippen LogP contribution in [0.3, 0.4) is 0 Å². The van der Waals surface area contributed by atoms with Crippen molar-refractivity contribution < 1.29 is 14.1 Å². The van der Waals surface area contributed by atoms with E-state index in [0.29, 0.717) is 78.3 Å². The van der Waals surface area contributed by atoms with Crippen LogP contribution in [0.25, 0.3) is 5.57 Å². The monoisotopic (exact) mass is 493 g/mol. The predicted molar refractivity (Wildman–Crippen MR) is 132 cm³/mol. The second-order valence-electron chi connectivity index (χ2n) is 8.91. The van der Waals surface area contributed by atoms with Gasteiger partial charge in [0.05, 0.1) is 34.2 Å². The lowest BCUT2D eigenvalue weighted by molar-refractivity contribution is 0.118. The van der Waals surface area contributed by atoms with Gasteiger partial charge in [-0.1, -0.05) is 12.0 Å². The Bertz CT molecular complexity index is 1250. The minimum absolute atomic E-state index is 0.185. The summed E-state index contributed by atoms with van der Waals surface area (Å²) in [5, 5.41) is 12.9. The van der Waals surface area contributed by atoms with Crippen LogP contribution in [0.15, 0.2) is 23.4 Å². The van der Waals surface area contributed by atoms with Crippen LogP contribution in [0.2, 0.25) is 0 Å². The third kappa shape index (κ3) is 4.06. The van der Waals surface area contributed by atoms with E-state index < -0.39 is 16.3 Å². The van der Waals surface area contributed by atoms with E-state index in [1.807, 2.05) is 11.0 Å². The van der Waals surface area contributed by atoms with Gasteiger partial charge in [-0.2, -0.15) is 4.98 Å². The second kappa shape index (κ2) is 9.36. The highest BCUT2D eigenvalue weighted by Crippen LogP contribution is 2.43. The van der Waals surface area contributed by atoms with E-state index in [9.17, 15) is 14.1 Å². The third-order valence-electron chi connectivity index (χ3n) is 6.94. The molecule has 2 aliphatic heterocycles. The first-order valence-electron chi connectivity index (χ1n) is 11.6. The maximum absolute atomic E-state index is 13.0. The molecule has 5 rings (SSSR count). The molecular formula is C24H27N7O3S. The summed E-state index contributed by atoms with van der Waals surface area (Å²) in [6.45, 7) is 0.996. The van der Waals surface area contributed by atoms with Crippen molar-refractivity contribution in [2.24, 2.45) is 0 Å². The van der Waals surface area contributed by atoms with Crippen molar-refractivity contribution in [3.8, 4) is 12.3 Å². The number of terminal acetylenes is 1. The van der Waals surface area contributed by atoms with Gasteiger partial charge in [-0.25, -0.2) is 19.7 Å². The molecule has 2 N–H and O–H groups in total. The van der Waals surface area contributed by atoms with Crippen LogP contribution in [0.1, 0.15) is 42.8 Å². The fourth-order valence-electron chi connectivity index (χ4n) is 4.77. The van der Waals surface area contributed by atoms with Crippen LogP contribution < -0.4 is 15.1 Å². The molecule has 10 nitrogen and oxygen atoms in total. The Morgan fingerprint density at radius 2 is 2.09 bits per heavy atom. The van der Waals surface area contributed by atoms with Gasteiger partial charge in [-0.05, 0) is 31.3 Å². The van der Waals surface area contributed by atoms with Crippen molar-refractivity contribution in [3.63, 3.8) is 0 Å². The number of hydrogen-bond donors (Lipinski definition) is 2. The van der Waals surface area contributed by atoms with E-state index in [2.05, 4.69) is 21.2 Å². The summed E-state index contributed by atoms with van der Waals surface area (Å²) in [5.74, 6) is 4.44. The molecule has 0 spiro atoms. The van der Waals surface area contributed by atoms with Gasteiger partial charge < -0.3 is 15.3 Å². The van der Waals surface area contributed by atoms with Gasteiger partial charge in [-0.3, -0.25) is 9.11 Å². The molecular weight excluding hydrogens is 466 g/mol. The molecule has 2 aromatic heterocycles. The minimum Gasteiger partial charge on any atom is -0.394 e. The lowest BCUT2D eigenvalue weighted by Crippen LogP contribution is -2.61. The number of anilines is 2. The zero-order valence-electron chi connectivity index (χ0n) is 19.5. The summed E-state index contributed by atoms with van der Waals surface area (Å²) < 4.78 is 12.9. The standard InChI is InChI=1S/C24H27N7O3S/c1-3-16-13-26-20(27-14-16)17-5-10-30(11-6-17)22-28-18-7-12-35(34)19(18)21(29-22)31(23(33)25-2)24(15-32)8-4-9-24/h1,5,13-14,32H,4,6-12,15H2,2H3,(H,25,33). The highest BCUT2D eigenvalue weighted by Gasteiger charge is 2.48. The minimum atomic E-state index is -1.30. The summed E-state index contributed by atoms with van der Waals surface area (Å²) in [6.07, 6.45) is 14.2. The van der Waals surface area contributed by atoms with Crippen LogP contribution in [0.5, 0.6) is 0 Å². The summed E-state index contributed by atoms with van der Waals surface area (Å²) in [6, 6.07) is -0.372. The Labute approximate surface area is 206 Å². The zero-order chi connectivity index (χ0) is 24.6. The molecule has 0 saturated heterocycles. The van der Waals surface area contributed by atoms with Crippen molar-refractivity contribution >= 4 is 34.2 Å². The first kappa shape index (κ1) is 23.4. The van der Waals surface area contributed by atoms with Gasteiger partial charge in [0.25, 0.3) is 0 Å². The lowest BCUT2D eigenvalue weighted by Gasteiger charge is -2.48. The van der Waals surface area contributed by atoms with Crippen molar-refractivity contribution in [2.75, 3.05) is 42.3 Å².